The molecular weight excluding hydrogens is 428 g/mol. The molecule has 162 valence electrons. The molecule has 0 atom stereocenters. The molecule has 5 rings (SSSR count). The molecule has 0 saturated carbocycles. The summed E-state index contributed by atoms with van der Waals surface area (Å²) in [7, 11) is 0. The van der Waals surface area contributed by atoms with Crippen LogP contribution in [-0.4, -0.2) is 20.5 Å². The number of aryl methyl sites for hydroxylation is 2. The van der Waals surface area contributed by atoms with E-state index in [1.807, 2.05) is 103 Å². The number of thiazole rings is 1. The van der Waals surface area contributed by atoms with Gasteiger partial charge in [0.1, 0.15) is 0 Å². The van der Waals surface area contributed by atoms with Gasteiger partial charge < -0.3 is 5.73 Å². The first-order chi connectivity index (χ1) is 16.1. The zero-order chi connectivity index (χ0) is 22.8. The van der Waals surface area contributed by atoms with Gasteiger partial charge in [0.15, 0.2) is 4.80 Å². The Kier molecular flexibility index (Phi) is 5.54. The Morgan fingerprint density at radius 3 is 2.52 bits per heavy atom. The Balaban J connectivity index is 1.69. The number of aliphatic imine (C=N–C) groups is 1. The number of nitrogens with zero attached hydrogens (tertiary/aromatic N) is 5. The minimum Gasteiger partial charge on any atom is -0.369 e. The molecule has 0 radical (unpaired) electrons. The summed E-state index contributed by atoms with van der Waals surface area (Å²) in [6.45, 7) is 4.00. The summed E-state index contributed by atoms with van der Waals surface area (Å²) in [5.74, 6) is 0.583. The second-order valence-electron chi connectivity index (χ2n) is 7.65. The van der Waals surface area contributed by atoms with Gasteiger partial charge in [-0.25, -0.2) is 15.0 Å². The lowest BCUT2D eigenvalue weighted by molar-refractivity contribution is 1.03. The first kappa shape index (κ1) is 20.8. The van der Waals surface area contributed by atoms with Crippen molar-refractivity contribution in [2.24, 2.45) is 15.7 Å². The first-order valence-corrected chi connectivity index (χ1v) is 11.4. The van der Waals surface area contributed by atoms with Crippen molar-refractivity contribution in [2.75, 3.05) is 0 Å². The Bertz CT molecular complexity index is 1550. The van der Waals surface area contributed by atoms with Crippen LogP contribution in [0.15, 0.2) is 94.2 Å². The van der Waals surface area contributed by atoms with Gasteiger partial charge in [-0.2, -0.15) is 4.99 Å². The highest BCUT2D eigenvalue weighted by molar-refractivity contribution is 7.07. The normalized spacial score (nSPS) is 12.4. The number of nitrogens with two attached hydrogens (primary N) is 1. The third-order valence-corrected chi connectivity index (χ3v) is 6.06. The molecule has 0 amide bonds. The molecule has 0 bridgehead atoms. The van der Waals surface area contributed by atoms with Crippen molar-refractivity contribution in [2.45, 2.75) is 13.8 Å². The van der Waals surface area contributed by atoms with Crippen LogP contribution in [0.4, 0.5) is 11.6 Å². The maximum absolute atomic E-state index is 6.57. The number of fused-ring (bicyclic) bond motifs is 1. The number of para-hydroxylation sites is 1. The topological polar surface area (TPSA) is 81.5 Å². The van der Waals surface area contributed by atoms with Crippen LogP contribution < -0.4 is 10.5 Å². The highest BCUT2D eigenvalue weighted by atomic mass is 32.1. The molecule has 33 heavy (non-hydrogen) atoms. The van der Waals surface area contributed by atoms with E-state index < -0.39 is 0 Å². The van der Waals surface area contributed by atoms with Crippen LogP contribution in [-0.2, 0) is 0 Å². The van der Waals surface area contributed by atoms with E-state index in [4.69, 9.17) is 10.7 Å². The molecule has 0 aliphatic carbocycles. The number of hydrogen-bond acceptors (Lipinski definition) is 5. The van der Waals surface area contributed by atoms with E-state index in [-0.39, 0.29) is 5.96 Å². The van der Waals surface area contributed by atoms with Gasteiger partial charge in [-0.3, -0.25) is 4.57 Å². The minimum atomic E-state index is 0.260. The first-order valence-electron chi connectivity index (χ1n) is 10.5. The number of aromatic nitrogens is 3. The molecule has 2 heterocycles. The summed E-state index contributed by atoms with van der Waals surface area (Å²) in [5.41, 5.74) is 12.2. The molecule has 7 heteroatoms. The van der Waals surface area contributed by atoms with E-state index in [0.29, 0.717) is 5.95 Å². The third-order valence-electron chi connectivity index (χ3n) is 5.23. The van der Waals surface area contributed by atoms with Crippen molar-refractivity contribution in [3.8, 4) is 11.3 Å². The fourth-order valence-corrected chi connectivity index (χ4v) is 4.57. The molecule has 6 nitrogen and oxygen atoms in total. The van der Waals surface area contributed by atoms with Crippen LogP contribution in [0.1, 0.15) is 11.3 Å². The summed E-state index contributed by atoms with van der Waals surface area (Å²) < 4.78 is 1.86. The van der Waals surface area contributed by atoms with E-state index in [1.165, 1.54) is 11.3 Å². The molecule has 0 spiro atoms. The van der Waals surface area contributed by atoms with Crippen LogP contribution in [0.2, 0.25) is 0 Å². The lowest BCUT2D eigenvalue weighted by Gasteiger charge is -2.09. The summed E-state index contributed by atoms with van der Waals surface area (Å²) >= 11 is 1.51. The predicted molar refractivity (Wildman–Crippen MR) is 135 cm³/mol. The summed E-state index contributed by atoms with van der Waals surface area (Å²) in [5, 5.41) is 3.04. The molecule has 0 unspecified atom stereocenters. The van der Waals surface area contributed by atoms with Gasteiger partial charge in [0.05, 0.1) is 22.6 Å². The number of hydrogen-bond donors (Lipinski definition) is 1. The van der Waals surface area contributed by atoms with Gasteiger partial charge in [0.2, 0.25) is 5.96 Å². The molecular formula is C26H22N6S. The van der Waals surface area contributed by atoms with E-state index in [2.05, 4.69) is 15.0 Å². The zero-order valence-corrected chi connectivity index (χ0v) is 19.1. The maximum Gasteiger partial charge on any atom is 0.253 e. The molecule has 0 aliphatic heterocycles. The van der Waals surface area contributed by atoms with Gasteiger partial charge in [-0.15, -0.1) is 11.3 Å². The second kappa shape index (κ2) is 8.80. The van der Waals surface area contributed by atoms with Crippen molar-refractivity contribution in [1.82, 2.24) is 14.5 Å². The number of benzene rings is 3. The van der Waals surface area contributed by atoms with Crippen molar-refractivity contribution < 1.29 is 0 Å². The summed E-state index contributed by atoms with van der Waals surface area (Å²) in [4.78, 5) is 19.3. The molecule has 0 saturated heterocycles. The van der Waals surface area contributed by atoms with E-state index in [9.17, 15) is 0 Å². The average Bonchev–Trinajstić information content (AvgIpc) is 3.23. The van der Waals surface area contributed by atoms with E-state index in [0.717, 1.165) is 43.9 Å². The van der Waals surface area contributed by atoms with Gasteiger partial charge in [0.25, 0.3) is 5.95 Å². The van der Waals surface area contributed by atoms with Crippen molar-refractivity contribution in [1.29, 1.82) is 0 Å². The molecule has 0 fully saturated rings. The van der Waals surface area contributed by atoms with E-state index >= 15 is 0 Å². The Hall–Kier alpha value is -4.10. The SMILES string of the molecule is Cc1cccc(N=c2scc(-c3ccccc3)n2C(N)=Nc2nc(C)c3ccccc3n2)c1. The molecule has 2 N–H and O–H groups in total. The minimum absolute atomic E-state index is 0.260. The quantitative estimate of drug-likeness (QED) is 0.291. The van der Waals surface area contributed by atoms with E-state index in [1.54, 1.807) is 0 Å². The maximum atomic E-state index is 6.57. The second-order valence-corrected chi connectivity index (χ2v) is 8.49. The summed E-state index contributed by atoms with van der Waals surface area (Å²) in [6.07, 6.45) is 0. The smallest absolute Gasteiger partial charge is 0.253 e. The standard InChI is InChI=1S/C26H22N6S/c1-17-9-8-12-20(15-17)29-26-32(23(16-33-26)19-10-4-3-5-11-19)24(27)31-25-28-18(2)21-13-6-7-14-22(21)30-25/h3-16H,1-2H3,(H2,27,28,30,31). The summed E-state index contributed by atoms with van der Waals surface area (Å²) in [6, 6.07) is 26.0. The Morgan fingerprint density at radius 1 is 0.909 bits per heavy atom. The highest BCUT2D eigenvalue weighted by Crippen LogP contribution is 2.22. The van der Waals surface area contributed by atoms with Gasteiger partial charge >= 0.3 is 0 Å². The molecule has 2 aromatic heterocycles. The van der Waals surface area contributed by atoms with Crippen LogP contribution in [0, 0.1) is 13.8 Å². The van der Waals surface area contributed by atoms with Gasteiger partial charge in [0, 0.05) is 10.8 Å². The predicted octanol–water partition coefficient (Wildman–Crippen LogP) is 5.50. The fourth-order valence-electron chi connectivity index (χ4n) is 3.65. The average molecular weight is 451 g/mol. The molecule has 3 aromatic carbocycles. The Morgan fingerprint density at radius 2 is 1.70 bits per heavy atom. The molecule has 5 aromatic rings. The fraction of sp³-hybridized carbons (Fsp3) is 0.0769. The van der Waals surface area contributed by atoms with Crippen molar-refractivity contribution >= 4 is 39.8 Å². The molecule has 0 aliphatic rings. The van der Waals surface area contributed by atoms with Crippen LogP contribution in [0.25, 0.3) is 22.2 Å². The zero-order valence-electron chi connectivity index (χ0n) is 18.3. The van der Waals surface area contributed by atoms with Gasteiger partial charge in [-0.05, 0) is 43.2 Å². The number of rotatable bonds is 3. The van der Waals surface area contributed by atoms with Gasteiger partial charge in [-0.1, -0.05) is 60.7 Å². The third kappa shape index (κ3) is 4.31. The van der Waals surface area contributed by atoms with Crippen molar-refractivity contribution in [3.05, 3.63) is 100 Å². The van der Waals surface area contributed by atoms with Crippen LogP contribution in [0.5, 0.6) is 0 Å². The largest absolute Gasteiger partial charge is 0.369 e. The lowest BCUT2D eigenvalue weighted by atomic mass is 10.2. The highest BCUT2D eigenvalue weighted by Gasteiger charge is 2.13. The Labute approximate surface area is 195 Å². The van der Waals surface area contributed by atoms with Crippen LogP contribution >= 0.6 is 11.3 Å². The lowest BCUT2D eigenvalue weighted by Crippen LogP contribution is -2.31. The van der Waals surface area contributed by atoms with Crippen molar-refractivity contribution in [3.63, 3.8) is 0 Å². The van der Waals surface area contributed by atoms with Crippen LogP contribution in [0.3, 0.4) is 0 Å². The monoisotopic (exact) mass is 450 g/mol.